The average Bonchev–Trinajstić information content (AvgIpc) is 2.23. The number of nitrogens with two attached hydrogens (primary N) is 1. The normalized spacial score (nSPS) is 14.1. The number of hydrogen-bond acceptors (Lipinski definition) is 2. The number of nitrogens with one attached hydrogen (secondary N) is 1. The zero-order valence-electron chi connectivity index (χ0n) is 10.8. The van der Waals surface area contributed by atoms with Gasteiger partial charge in [-0.15, -0.1) is 0 Å². The van der Waals surface area contributed by atoms with E-state index < -0.39 is 5.54 Å². The zero-order chi connectivity index (χ0) is 12.1. The Labute approximate surface area is 93.8 Å². The first-order valence-electron chi connectivity index (χ1n) is 6.01. The largest absolute Gasteiger partial charge is 0.352 e. The van der Waals surface area contributed by atoms with Gasteiger partial charge in [0.15, 0.2) is 0 Å². The number of rotatable bonds is 6. The van der Waals surface area contributed by atoms with Crippen molar-refractivity contribution in [3.8, 4) is 0 Å². The van der Waals surface area contributed by atoms with E-state index >= 15 is 0 Å². The van der Waals surface area contributed by atoms with Gasteiger partial charge in [-0.05, 0) is 25.2 Å². The Hall–Kier alpha value is -0.570. The molecule has 1 amide bonds. The monoisotopic (exact) mass is 214 g/mol. The lowest BCUT2D eigenvalue weighted by Gasteiger charge is -2.29. The van der Waals surface area contributed by atoms with Crippen LogP contribution in [0.1, 0.15) is 53.9 Å². The minimum absolute atomic E-state index is 0.00644. The molecular weight excluding hydrogens is 188 g/mol. The first-order valence-corrected chi connectivity index (χ1v) is 6.01. The molecule has 3 nitrogen and oxygen atoms in total. The summed E-state index contributed by atoms with van der Waals surface area (Å²) in [4.78, 5) is 12.0. The Morgan fingerprint density at radius 2 is 1.73 bits per heavy atom. The molecule has 0 rings (SSSR count). The van der Waals surface area contributed by atoms with Crippen LogP contribution in [-0.2, 0) is 4.79 Å². The maximum Gasteiger partial charge on any atom is 0.240 e. The van der Waals surface area contributed by atoms with Gasteiger partial charge in [0.2, 0.25) is 5.91 Å². The van der Waals surface area contributed by atoms with Crippen molar-refractivity contribution in [3.63, 3.8) is 0 Å². The number of carbonyl (C=O) groups is 1. The maximum atomic E-state index is 12.0. The molecule has 0 heterocycles. The van der Waals surface area contributed by atoms with E-state index in [0.29, 0.717) is 18.8 Å². The highest BCUT2D eigenvalue weighted by molar-refractivity contribution is 5.86. The number of carbonyl (C=O) groups excluding carboxylic acids is 1. The Bertz CT molecular complexity index is 198. The molecule has 3 heteroatoms. The topological polar surface area (TPSA) is 55.1 Å². The highest BCUT2D eigenvalue weighted by Gasteiger charge is 2.31. The molecule has 0 spiro atoms. The van der Waals surface area contributed by atoms with Gasteiger partial charge in [0.05, 0.1) is 5.54 Å². The second-order valence-corrected chi connectivity index (χ2v) is 4.60. The van der Waals surface area contributed by atoms with E-state index in [2.05, 4.69) is 26.1 Å². The van der Waals surface area contributed by atoms with E-state index in [9.17, 15) is 4.79 Å². The summed E-state index contributed by atoms with van der Waals surface area (Å²) >= 11 is 0. The van der Waals surface area contributed by atoms with Crippen LogP contribution in [-0.4, -0.2) is 17.5 Å². The molecule has 0 fully saturated rings. The molecule has 0 saturated carbocycles. The fourth-order valence-electron chi connectivity index (χ4n) is 1.62. The summed E-state index contributed by atoms with van der Waals surface area (Å²) in [5, 5.41) is 3.04. The van der Waals surface area contributed by atoms with Crippen LogP contribution in [0.4, 0.5) is 0 Å². The van der Waals surface area contributed by atoms with Crippen molar-refractivity contribution in [2.75, 3.05) is 0 Å². The van der Waals surface area contributed by atoms with Crippen LogP contribution in [0.2, 0.25) is 0 Å². The van der Waals surface area contributed by atoms with Crippen molar-refractivity contribution in [3.05, 3.63) is 0 Å². The third-order valence-corrected chi connectivity index (χ3v) is 3.28. The van der Waals surface area contributed by atoms with Crippen molar-refractivity contribution in [2.45, 2.75) is 65.5 Å². The standard InChI is InChI=1S/C12H26N2O/c1-6-10(9(4)5)14-11(15)12(13,7-2)8-3/h9-10H,6-8,13H2,1-5H3,(H,14,15). The lowest BCUT2D eigenvalue weighted by molar-refractivity contribution is -0.127. The van der Waals surface area contributed by atoms with Gasteiger partial charge in [-0.1, -0.05) is 34.6 Å². The average molecular weight is 214 g/mol. The van der Waals surface area contributed by atoms with Gasteiger partial charge in [0.1, 0.15) is 0 Å². The fourth-order valence-corrected chi connectivity index (χ4v) is 1.62. The zero-order valence-corrected chi connectivity index (χ0v) is 10.8. The van der Waals surface area contributed by atoms with E-state index in [4.69, 9.17) is 5.73 Å². The Morgan fingerprint density at radius 1 is 1.27 bits per heavy atom. The molecule has 90 valence electrons. The van der Waals surface area contributed by atoms with E-state index in [1.165, 1.54) is 0 Å². The van der Waals surface area contributed by atoms with Crippen LogP contribution in [0.3, 0.4) is 0 Å². The smallest absolute Gasteiger partial charge is 0.240 e. The molecule has 15 heavy (non-hydrogen) atoms. The molecule has 0 aliphatic rings. The van der Waals surface area contributed by atoms with E-state index in [-0.39, 0.29) is 11.9 Å². The van der Waals surface area contributed by atoms with Crippen LogP contribution in [0.15, 0.2) is 0 Å². The predicted octanol–water partition coefficient (Wildman–Crippen LogP) is 2.05. The third kappa shape index (κ3) is 3.82. The molecule has 0 aromatic carbocycles. The second-order valence-electron chi connectivity index (χ2n) is 4.60. The van der Waals surface area contributed by atoms with Crippen LogP contribution in [0, 0.1) is 5.92 Å². The molecule has 0 radical (unpaired) electrons. The summed E-state index contributed by atoms with van der Waals surface area (Å²) < 4.78 is 0. The molecule has 0 aliphatic carbocycles. The minimum atomic E-state index is -0.692. The summed E-state index contributed by atoms with van der Waals surface area (Å²) in [6.45, 7) is 10.2. The van der Waals surface area contributed by atoms with Gasteiger partial charge < -0.3 is 11.1 Å². The molecule has 0 bridgehead atoms. The van der Waals surface area contributed by atoms with Gasteiger partial charge in [-0.2, -0.15) is 0 Å². The van der Waals surface area contributed by atoms with Crippen molar-refractivity contribution in [2.24, 2.45) is 11.7 Å². The molecule has 3 N–H and O–H groups in total. The van der Waals surface area contributed by atoms with Crippen LogP contribution in [0.25, 0.3) is 0 Å². The quantitative estimate of drug-likeness (QED) is 0.711. The number of amides is 1. The second kappa shape index (κ2) is 6.11. The Kier molecular flexibility index (Phi) is 5.88. The SMILES string of the molecule is CCC(NC(=O)C(N)(CC)CC)C(C)C. The van der Waals surface area contributed by atoms with E-state index in [0.717, 1.165) is 6.42 Å². The Balaban J connectivity index is 4.45. The summed E-state index contributed by atoms with van der Waals surface area (Å²) in [6.07, 6.45) is 2.32. The lowest BCUT2D eigenvalue weighted by Crippen LogP contribution is -2.56. The van der Waals surface area contributed by atoms with Crippen molar-refractivity contribution in [1.82, 2.24) is 5.32 Å². The molecular formula is C12H26N2O. The summed E-state index contributed by atoms with van der Waals surface area (Å²) in [5.41, 5.74) is 5.34. The van der Waals surface area contributed by atoms with Gasteiger partial charge in [-0.25, -0.2) is 0 Å². The lowest BCUT2D eigenvalue weighted by atomic mass is 9.91. The van der Waals surface area contributed by atoms with Gasteiger partial charge in [0.25, 0.3) is 0 Å². The summed E-state index contributed by atoms with van der Waals surface area (Å²) in [6, 6.07) is 0.235. The van der Waals surface area contributed by atoms with Gasteiger partial charge >= 0.3 is 0 Å². The van der Waals surface area contributed by atoms with Gasteiger partial charge in [-0.3, -0.25) is 4.79 Å². The minimum Gasteiger partial charge on any atom is -0.352 e. The molecule has 0 aromatic heterocycles. The molecule has 1 unspecified atom stereocenters. The van der Waals surface area contributed by atoms with Crippen LogP contribution in [0.5, 0.6) is 0 Å². The van der Waals surface area contributed by atoms with Crippen LogP contribution < -0.4 is 11.1 Å². The molecule has 1 atom stereocenters. The van der Waals surface area contributed by atoms with Gasteiger partial charge in [0, 0.05) is 6.04 Å². The highest BCUT2D eigenvalue weighted by Crippen LogP contribution is 2.13. The summed E-state index contributed by atoms with van der Waals surface area (Å²) in [5.74, 6) is 0.449. The summed E-state index contributed by atoms with van der Waals surface area (Å²) in [7, 11) is 0. The highest BCUT2D eigenvalue weighted by atomic mass is 16.2. The molecule has 0 saturated heterocycles. The van der Waals surface area contributed by atoms with Crippen molar-refractivity contribution in [1.29, 1.82) is 0 Å². The van der Waals surface area contributed by atoms with Crippen molar-refractivity contribution < 1.29 is 4.79 Å². The number of hydrogen-bond donors (Lipinski definition) is 2. The van der Waals surface area contributed by atoms with E-state index in [1.807, 2.05) is 13.8 Å². The third-order valence-electron chi connectivity index (χ3n) is 3.28. The van der Waals surface area contributed by atoms with E-state index in [1.54, 1.807) is 0 Å². The Morgan fingerprint density at radius 3 is 2.00 bits per heavy atom. The fraction of sp³-hybridized carbons (Fsp3) is 0.917. The molecule has 0 aliphatic heterocycles. The van der Waals surface area contributed by atoms with Crippen LogP contribution >= 0.6 is 0 Å². The maximum absolute atomic E-state index is 12.0. The first-order chi connectivity index (χ1) is 6.91. The molecule has 0 aromatic rings. The predicted molar refractivity (Wildman–Crippen MR) is 64.6 cm³/mol. The van der Waals surface area contributed by atoms with Crippen molar-refractivity contribution >= 4 is 5.91 Å². The first kappa shape index (κ1) is 14.4.